The number of nitrogens with zero attached hydrogens (tertiary/aromatic N) is 1. The van der Waals surface area contributed by atoms with Gasteiger partial charge >= 0.3 is 0 Å². The smallest absolute Gasteiger partial charge is 0.183 e. The Balaban J connectivity index is 2.37. The largest absolute Gasteiger partial charge is 0.332 e. The summed E-state index contributed by atoms with van der Waals surface area (Å²) >= 11 is 0. The second-order valence-electron chi connectivity index (χ2n) is 5.32. The van der Waals surface area contributed by atoms with Crippen LogP contribution in [0.2, 0.25) is 0 Å². The molecule has 0 bridgehead atoms. The molecule has 0 aliphatic carbocycles. The fourth-order valence-corrected chi connectivity index (χ4v) is 2.01. The van der Waals surface area contributed by atoms with Crippen molar-refractivity contribution in [2.24, 2.45) is 0 Å². The van der Waals surface area contributed by atoms with Gasteiger partial charge in [-0.05, 0) is 13.3 Å². The zero-order chi connectivity index (χ0) is 13.3. The van der Waals surface area contributed by atoms with E-state index in [9.17, 15) is 0 Å². The quantitative estimate of drug-likeness (QED) is 0.368. The summed E-state index contributed by atoms with van der Waals surface area (Å²) in [6, 6.07) is 10.7. The summed E-state index contributed by atoms with van der Waals surface area (Å²) in [6.07, 6.45) is 3.72. The van der Waals surface area contributed by atoms with Gasteiger partial charge in [0.1, 0.15) is 6.54 Å². The molecule has 1 atom stereocenters. The lowest BCUT2D eigenvalue weighted by molar-refractivity contribution is -0.939. The number of benzene rings is 1. The summed E-state index contributed by atoms with van der Waals surface area (Å²) in [7, 11) is 2.27. The van der Waals surface area contributed by atoms with Gasteiger partial charge in [0.05, 0.1) is 20.2 Å². The van der Waals surface area contributed by atoms with Crippen molar-refractivity contribution >= 4 is 0 Å². The first-order valence-electron chi connectivity index (χ1n) is 7.15. The Morgan fingerprint density at radius 1 is 1.06 bits per heavy atom. The molecule has 1 aromatic rings. The lowest BCUT2D eigenvalue weighted by atomic mass is 10.2. The second-order valence-corrected chi connectivity index (χ2v) is 5.32. The van der Waals surface area contributed by atoms with Gasteiger partial charge in [-0.15, -0.1) is 0 Å². The molecule has 0 aromatic heterocycles. The molecule has 0 saturated heterocycles. The normalized spacial score (nSPS) is 14.4. The fraction of sp³-hybridized carbons (Fsp3) is 0.625. The molecule has 2 heteroatoms. The molecule has 1 rings (SSSR count). The first kappa shape index (κ1) is 15.2. The van der Waals surface area contributed by atoms with Gasteiger partial charge in [-0.1, -0.05) is 50.1 Å². The highest BCUT2D eigenvalue weighted by Crippen LogP contribution is 2.12. The first-order valence-corrected chi connectivity index (χ1v) is 7.15. The predicted octanol–water partition coefficient (Wildman–Crippen LogP) is 3.82. The van der Waals surface area contributed by atoms with Crippen molar-refractivity contribution in [2.45, 2.75) is 39.7 Å². The van der Waals surface area contributed by atoms with Crippen molar-refractivity contribution < 1.29 is 9.22 Å². The van der Waals surface area contributed by atoms with E-state index in [2.05, 4.69) is 51.2 Å². The molecule has 0 fully saturated rings. The molecule has 0 amide bonds. The highest BCUT2D eigenvalue weighted by atomic mass is 16.5. The minimum absolute atomic E-state index is 0.815. The van der Waals surface area contributed by atoms with Gasteiger partial charge in [0.15, 0.2) is 6.73 Å². The third kappa shape index (κ3) is 5.65. The van der Waals surface area contributed by atoms with E-state index in [0.29, 0.717) is 0 Å². The Labute approximate surface area is 112 Å². The molecular formula is C16H28NO+. The van der Waals surface area contributed by atoms with E-state index in [4.69, 9.17) is 4.74 Å². The van der Waals surface area contributed by atoms with Crippen molar-refractivity contribution in [1.29, 1.82) is 0 Å². The summed E-state index contributed by atoms with van der Waals surface area (Å²) in [5.74, 6) is 0. The minimum Gasteiger partial charge on any atom is -0.332 e. The van der Waals surface area contributed by atoms with Crippen molar-refractivity contribution in [2.75, 3.05) is 26.9 Å². The first-order chi connectivity index (χ1) is 8.70. The molecule has 0 aliphatic rings. The maximum absolute atomic E-state index is 5.84. The monoisotopic (exact) mass is 250 g/mol. The molecule has 0 spiro atoms. The van der Waals surface area contributed by atoms with Gasteiger partial charge in [-0.3, -0.25) is 4.48 Å². The van der Waals surface area contributed by atoms with E-state index >= 15 is 0 Å². The Bertz CT molecular complexity index is 312. The number of unbranched alkanes of at least 4 members (excludes halogenated alkanes) is 2. The molecule has 0 radical (unpaired) electrons. The van der Waals surface area contributed by atoms with E-state index in [1.165, 1.54) is 24.8 Å². The average molecular weight is 250 g/mol. The molecule has 0 saturated carbocycles. The summed E-state index contributed by atoms with van der Waals surface area (Å²) < 4.78 is 6.79. The van der Waals surface area contributed by atoms with Gasteiger partial charge in [0, 0.05) is 5.56 Å². The number of ether oxygens (including phenoxy) is 1. The Kier molecular flexibility index (Phi) is 6.99. The van der Waals surface area contributed by atoms with Crippen molar-refractivity contribution in [1.82, 2.24) is 0 Å². The van der Waals surface area contributed by atoms with E-state index in [1.807, 2.05) is 0 Å². The van der Waals surface area contributed by atoms with Crippen LogP contribution in [-0.4, -0.2) is 31.4 Å². The summed E-state index contributed by atoms with van der Waals surface area (Å²) in [6.45, 7) is 8.32. The Morgan fingerprint density at radius 2 is 1.78 bits per heavy atom. The Hall–Kier alpha value is -0.860. The second kappa shape index (κ2) is 8.28. The molecule has 1 aromatic carbocycles. The fourth-order valence-electron chi connectivity index (χ4n) is 2.01. The van der Waals surface area contributed by atoms with Crippen LogP contribution in [0.15, 0.2) is 30.3 Å². The number of hydrogen-bond acceptors (Lipinski definition) is 1. The molecule has 18 heavy (non-hydrogen) atoms. The van der Waals surface area contributed by atoms with Crippen LogP contribution in [0.4, 0.5) is 0 Å². The average Bonchev–Trinajstić information content (AvgIpc) is 2.40. The van der Waals surface area contributed by atoms with Crippen LogP contribution in [0.25, 0.3) is 0 Å². The lowest BCUT2D eigenvalue weighted by Gasteiger charge is -2.33. The van der Waals surface area contributed by atoms with Crippen molar-refractivity contribution in [3.63, 3.8) is 0 Å². The van der Waals surface area contributed by atoms with Crippen LogP contribution in [0.5, 0.6) is 0 Å². The maximum Gasteiger partial charge on any atom is 0.183 e. The van der Waals surface area contributed by atoms with Crippen LogP contribution in [0, 0.1) is 0 Å². The van der Waals surface area contributed by atoms with Gasteiger partial charge in [-0.2, -0.15) is 0 Å². The number of hydrogen-bond donors (Lipinski definition) is 0. The number of rotatable bonds is 9. The predicted molar refractivity (Wildman–Crippen MR) is 77.2 cm³/mol. The van der Waals surface area contributed by atoms with Gasteiger partial charge in [-0.25, -0.2) is 0 Å². The Morgan fingerprint density at radius 3 is 2.39 bits per heavy atom. The third-order valence-electron chi connectivity index (χ3n) is 3.47. The zero-order valence-corrected chi connectivity index (χ0v) is 12.2. The lowest BCUT2D eigenvalue weighted by Crippen LogP contribution is -2.44. The van der Waals surface area contributed by atoms with Gasteiger partial charge in [0.2, 0.25) is 0 Å². The van der Waals surface area contributed by atoms with E-state index < -0.39 is 0 Å². The van der Waals surface area contributed by atoms with Gasteiger partial charge < -0.3 is 4.74 Å². The van der Waals surface area contributed by atoms with Crippen LogP contribution >= 0.6 is 0 Å². The van der Waals surface area contributed by atoms with E-state index in [1.54, 1.807) is 0 Å². The maximum atomic E-state index is 5.84. The highest BCUT2D eigenvalue weighted by Gasteiger charge is 2.19. The molecule has 0 N–H and O–H groups in total. The summed E-state index contributed by atoms with van der Waals surface area (Å²) in [5, 5.41) is 0. The van der Waals surface area contributed by atoms with Gasteiger partial charge in [0.25, 0.3) is 0 Å². The summed E-state index contributed by atoms with van der Waals surface area (Å²) in [5.41, 5.74) is 1.39. The molecule has 102 valence electrons. The molecule has 2 nitrogen and oxygen atoms in total. The zero-order valence-electron chi connectivity index (χ0n) is 12.2. The van der Waals surface area contributed by atoms with Crippen LogP contribution in [0.1, 0.15) is 38.7 Å². The molecule has 1 unspecified atom stereocenters. The molecule has 0 aliphatic heterocycles. The number of quaternary nitrogens is 1. The molecule has 0 heterocycles. The van der Waals surface area contributed by atoms with Crippen LogP contribution in [0.3, 0.4) is 0 Å². The van der Waals surface area contributed by atoms with Crippen LogP contribution < -0.4 is 0 Å². The third-order valence-corrected chi connectivity index (χ3v) is 3.47. The topological polar surface area (TPSA) is 9.23 Å². The highest BCUT2D eigenvalue weighted by molar-refractivity contribution is 5.13. The molecular weight excluding hydrogens is 222 g/mol. The standard InChI is InChI=1S/C16H28NO/c1-4-6-10-13-18-15-17(3,5-2)14-16-11-8-7-9-12-16/h7-9,11-12H,4-6,10,13-15H2,1-3H3/q+1. The minimum atomic E-state index is 0.815. The van der Waals surface area contributed by atoms with E-state index in [0.717, 1.165) is 30.9 Å². The van der Waals surface area contributed by atoms with Crippen LogP contribution in [-0.2, 0) is 11.3 Å². The SMILES string of the molecule is CCCCCOC[N+](C)(CC)Cc1ccccc1. The van der Waals surface area contributed by atoms with Crippen molar-refractivity contribution in [3.05, 3.63) is 35.9 Å². The summed E-state index contributed by atoms with van der Waals surface area (Å²) in [4.78, 5) is 0. The van der Waals surface area contributed by atoms with E-state index in [-0.39, 0.29) is 0 Å². The van der Waals surface area contributed by atoms with Crippen molar-refractivity contribution in [3.8, 4) is 0 Å².